The first-order valence-electron chi connectivity index (χ1n) is 7.75. The Balaban J connectivity index is 1.64. The molecule has 0 aliphatic carbocycles. The first kappa shape index (κ1) is 13.5. The molecule has 22 heavy (non-hydrogen) atoms. The van der Waals surface area contributed by atoms with Gasteiger partial charge in [0.1, 0.15) is 5.82 Å². The van der Waals surface area contributed by atoms with Crippen LogP contribution in [0.15, 0.2) is 48.7 Å². The lowest BCUT2D eigenvalue weighted by Gasteiger charge is -2.29. The van der Waals surface area contributed by atoms with Gasteiger partial charge in [0.15, 0.2) is 0 Å². The summed E-state index contributed by atoms with van der Waals surface area (Å²) in [6.07, 6.45) is 1.94. The monoisotopic (exact) mass is 292 g/mol. The van der Waals surface area contributed by atoms with Crippen LogP contribution in [0, 0.1) is 0 Å². The molecule has 0 spiro atoms. The third kappa shape index (κ3) is 2.51. The molecule has 1 aliphatic heterocycles. The maximum Gasteiger partial charge on any atom is 0.125 e. The molecule has 4 heteroatoms. The van der Waals surface area contributed by atoms with Gasteiger partial charge in [0.25, 0.3) is 0 Å². The average Bonchev–Trinajstić information content (AvgIpc) is 3.04. The van der Waals surface area contributed by atoms with Crippen LogP contribution in [0.1, 0.15) is 11.9 Å². The summed E-state index contributed by atoms with van der Waals surface area (Å²) in [5.41, 5.74) is 2.26. The fraction of sp³-hybridized carbons (Fsp3) is 0.278. The van der Waals surface area contributed by atoms with Gasteiger partial charge in [0.2, 0.25) is 0 Å². The molecule has 3 aromatic rings. The molecule has 2 aromatic carbocycles. The van der Waals surface area contributed by atoms with E-state index in [0.717, 1.165) is 31.2 Å². The number of imidazole rings is 1. The number of nitrogens with zero attached hydrogens (tertiary/aromatic N) is 2. The standard InChI is InChI=1S/C18H20N4/c1-22-9-8-19-17(12-22)18-20-11-16(21-18)15-7-6-13-4-2-3-5-14(13)10-15/h2-7,10-11,17,19H,8-9,12H2,1H3,(H,20,21). The van der Waals surface area contributed by atoms with Crippen molar-refractivity contribution in [1.82, 2.24) is 20.2 Å². The second kappa shape index (κ2) is 5.55. The van der Waals surface area contributed by atoms with E-state index in [2.05, 4.69) is 69.7 Å². The Morgan fingerprint density at radius 2 is 2.00 bits per heavy atom. The summed E-state index contributed by atoms with van der Waals surface area (Å²) in [4.78, 5) is 10.4. The summed E-state index contributed by atoms with van der Waals surface area (Å²) in [5.74, 6) is 1.02. The van der Waals surface area contributed by atoms with Gasteiger partial charge in [-0.25, -0.2) is 4.98 Å². The van der Waals surface area contributed by atoms with E-state index in [1.807, 2.05) is 6.20 Å². The van der Waals surface area contributed by atoms with Crippen LogP contribution in [0.5, 0.6) is 0 Å². The van der Waals surface area contributed by atoms with Gasteiger partial charge >= 0.3 is 0 Å². The summed E-state index contributed by atoms with van der Waals surface area (Å²) in [5, 5.41) is 6.05. The van der Waals surface area contributed by atoms with Gasteiger partial charge < -0.3 is 15.2 Å². The Morgan fingerprint density at radius 1 is 1.14 bits per heavy atom. The van der Waals surface area contributed by atoms with Gasteiger partial charge in [-0.3, -0.25) is 0 Å². The molecule has 2 N–H and O–H groups in total. The lowest BCUT2D eigenvalue weighted by Crippen LogP contribution is -2.44. The summed E-state index contributed by atoms with van der Waals surface area (Å²) in [7, 11) is 2.15. The average molecular weight is 292 g/mol. The Kier molecular flexibility index (Phi) is 3.41. The van der Waals surface area contributed by atoms with Crippen LogP contribution in [-0.2, 0) is 0 Å². The van der Waals surface area contributed by atoms with E-state index in [-0.39, 0.29) is 6.04 Å². The van der Waals surface area contributed by atoms with Crippen molar-refractivity contribution in [2.24, 2.45) is 0 Å². The van der Waals surface area contributed by atoms with Crippen LogP contribution < -0.4 is 5.32 Å². The molecule has 1 aliphatic rings. The van der Waals surface area contributed by atoms with Gasteiger partial charge in [0, 0.05) is 25.2 Å². The minimum Gasteiger partial charge on any atom is -0.341 e. The summed E-state index contributed by atoms with van der Waals surface area (Å²) >= 11 is 0. The maximum atomic E-state index is 4.59. The van der Waals surface area contributed by atoms with Crippen LogP contribution in [0.3, 0.4) is 0 Å². The largest absolute Gasteiger partial charge is 0.341 e. The van der Waals surface area contributed by atoms with E-state index >= 15 is 0 Å². The highest BCUT2D eigenvalue weighted by Crippen LogP contribution is 2.24. The van der Waals surface area contributed by atoms with Crippen molar-refractivity contribution in [3.8, 4) is 11.3 Å². The highest BCUT2D eigenvalue weighted by molar-refractivity contribution is 5.86. The maximum absolute atomic E-state index is 4.59. The molecule has 2 heterocycles. The number of nitrogens with one attached hydrogen (secondary N) is 2. The number of likely N-dealkylation sites (N-methyl/N-ethyl adjacent to an activating group) is 1. The van der Waals surface area contributed by atoms with Gasteiger partial charge in [-0.15, -0.1) is 0 Å². The molecule has 4 rings (SSSR count). The third-order valence-electron chi connectivity index (χ3n) is 4.36. The second-order valence-corrected chi connectivity index (χ2v) is 6.01. The molecular formula is C18H20N4. The summed E-state index contributed by atoms with van der Waals surface area (Å²) in [6, 6.07) is 15.2. The molecule has 1 atom stereocenters. The van der Waals surface area contributed by atoms with Gasteiger partial charge in [0.05, 0.1) is 17.9 Å². The van der Waals surface area contributed by atoms with Crippen molar-refractivity contribution in [3.63, 3.8) is 0 Å². The van der Waals surface area contributed by atoms with Crippen LogP contribution >= 0.6 is 0 Å². The number of aromatic amines is 1. The normalized spacial score (nSPS) is 19.6. The fourth-order valence-corrected chi connectivity index (χ4v) is 3.10. The molecule has 112 valence electrons. The predicted molar refractivity (Wildman–Crippen MR) is 89.8 cm³/mol. The zero-order valence-electron chi connectivity index (χ0n) is 12.7. The van der Waals surface area contributed by atoms with Crippen molar-refractivity contribution in [2.45, 2.75) is 6.04 Å². The van der Waals surface area contributed by atoms with Gasteiger partial charge in [-0.2, -0.15) is 0 Å². The smallest absolute Gasteiger partial charge is 0.125 e. The molecule has 0 saturated carbocycles. The molecule has 0 radical (unpaired) electrons. The number of fused-ring (bicyclic) bond motifs is 1. The zero-order chi connectivity index (χ0) is 14.9. The number of H-pyrrole nitrogens is 1. The topological polar surface area (TPSA) is 44.0 Å². The first-order valence-corrected chi connectivity index (χ1v) is 7.75. The van der Waals surface area contributed by atoms with Crippen molar-refractivity contribution >= 4 is 10.8 Å². The predicted octanol–water partition coefficient (Wildman–Crippen LogP) is 2.81. The minimum atomic E-state index is 0.285. The molecule has 1 aromatic heterocycles. The van der Waals surface area contributed by atoms with Crippen LogP contribution in [0.25, 0.3) is 22.0 Å². The number of hydrogen-bond donors (Lipinski definition) is 2. The Morgan fingerprint density at radius 3 is 2.86 bits per heavy atom. The molecular weight excluding hydrogens is 272 g/mol. The molecule has 0 amide bonds. The van der Waals surface area contributed by atoms with Crippen LogP contribution in [0.2, 0.25) is 0 Å². The third-order valence-corrected chi connectivity index (χ3v) is 4.36. The number of benzene rings is 2. The van der Waals surface area contributed by atoms with E-state index in [0.29, 0.717) is 0 Å². The van der Waals surface area contributed by atoms with E-state index < -0.39 is 0 Å². The lowest BCUT2D eigenvalue weighted by molar-refractivity contribution is 0.236. The molecule has 1 fully saturated rings. The Bertz CT molecular complexity index is 792. The van der Waals surface area contributed by atoms with E-state index in [1.54, 1.807) is 0 Å². The van der Waals surface area contributed by atoms with Gasteiger partial charge in [-0.1, -0.05) is 36.4 Å². The summed E-state index contributed by atoms with van der Waals surface area (Å²) < 4.78 is 0. The van der Waals surface area contributed by atoms with Gasteiger partial charge in [-0.05, 0) is 23.9 Å². The molecule has 1 unspecified atom stereocenters. The number of rotatable bonds is 2. The lowest BCUT2D eigenvalue weighted by atomic mass is 10.1. The molecule has 4 nitrogen and oxygen atoms in total. The number of piperazine rings is 1. The Labute approximate surface area is 130 Å². The van der Waals surface area contributed by atoms with Crippen molar-refractivity contribution in [2.75, 3.05) is 26.7 Å². The van der Waals surface area contributed by atoms with Crippen molar-refractivity contribution in [3.05, 3.63) is 54.5 Å². The van der Waals surface area contributed by atoms with E-state index in [1.165, 1.54) is 16.3 Å². The first-order chi connectivity index (χ1) is 10.8. The zero-order valence-corrected chi connectivity index (χ0v) is 12.7. The molecule has 0 bridgehead atoms. The quantitative estimate of drug-likeness (QED) is 0.763. The highest BCUT2D eigenvalue weighted by Gasteiger charge is 2.20. The highest BCUT2D eigenvalue weighted by atomic mass is 15.2. The van der Waals surface area contributed by atoms with Crippen LogP contribution in [0.4, 0.5) is 0 Å². The summed E-state index contributed by atoms with van der Waals surface area (Å²) in [6.45, 7) is 3.09. The minimum absolute atomic E-state index is 0.285. The number of aromatic nitrogens is 2. The second-order valence-electron chi connectivity index (χ2n) is 6.01. The van der Waals surface area contributed by atoms with Crippen molar-refractivity contribution < 1.29 is 0 Å². The Hall–Kier alpha value is -2.17. The van der Waals surface area contributed by atoms with E-state index in [4.69, 9.17) is 0 Å². The van der Waals surface area contributed by atoms with E-state index in [9.17, 15) is 0 Å². The SMILES string of the molecule is CN1CCNC(c2ncc(-c3ccc4ccccc4c3)[nH]2)C1. The molecule has 1 saturated heterocycles. The van der Waals surface area contributed by atoms with Crippen molar-refractivity contribution in [1.29, 1.82) is 0 Å². The number of hydrogen-bond acceptors (Lipinski definition) is 3. The van der Waals surface area contributed by atoms with Crippen LogP contribution in [-0.4, -0.2) is 41.5 Å². The fourth-order valence-electron chi connectivity index (χ4n) is 3.10.